The molecule has 3 heteroatoms. The second-order valence-corrected chi connectivity index (χ2v) is 3.97. The van der Waals surface area contributed by atoms with Gasteiger partial charge in [0.05, 0.1) is 0 Å². The van der Waals surface area contributed by atoms with Crippen molar-refractivity contribution in [3.05, 3.63) is 0 Å². The van der Waals surface area contributed by atoms with Gasteiger partial charge in [0, 0.05) is 12.5 Å². The first-order chi connectivity index (χ1) is 5.70. The van der Waals surface area contributed by atoms with E-state index in [1.807, 2.05) is 0 Å². The summed E-state index contributed by atoms with van der Waals surface area (Å²) in [6, 6.07) is 0.0809. The molecule has 2 heterocycles. The summed E-state index contributed by atoms with van der Waals surface area (Å²) in [7, 11) is 0. The van der Waals surface area contributed by atoms with E-state index in [0.717, 1.165) is 19.4 Å². The van der Waals surface area contributed by atoms with Gasteiger partial charge in [0.2, 0.25) is 0 Å². The smallest absolute Gasteiger partial charge is 0.325 e. The Labute approximate surface area is 72.7 Å². The molecule has 2 unspecified atom stereocenters. The van der Waals surface area contributed by atoms with Crippen LogP contribution in [0.2, 0.25) is 0 Å². The Morgan fingerprint density at radius 3 is 3.00 bits per heavy atom. The standard InChI is InChI=1S/C9H15NO2/c1-6(2)8-10-5-3-4-7(10)9(11)12-8/h6-8H,3-5H2,1-2H3. The summed E-state index contributed by atoms with van der Waals surface area (Å²) in [5.41, 5.74) is 0. The van der Waals surface area contributed by atoms with Crippen molar-refractivity contribution in [1.82, 2.24) is 4.90 Å². The molecular formula is C9H15NO2. The Balaban J connectivity index is 2.14. The number of nitrogens with zero attached hydrogens (tertiary/aromatic N) is 1. The van der Waals surface area contributed by atoms with E-state index in [2.05, 4.69) is 18.7 Å². The van der Waals surface area contributed by atoms with Gasteiger partial charge < -0.3 is 4.74 Å². The lowest BCUT2D eigenvalue weighted by Crippen LogP contribution is -2.35. The maximum absolute atomic E-state index is 11.3. The van der Waals surface area contributed by atoms with Crippen LogP contribution < -0.4 is 0 Å². The predicted octanol–water partition coefficient (Wildman–Crippen LogP) is 0.990. The second-order valence-electron chi connectivity index (χ2n) is 3.97. The van der Waals surface area contributed by atoms with Crippen molar-refractivity contribution in [3.8, 4) is 0 Å². The summed E-state index contributed by atoms with van der Waals surface area (Å²) in [5.74, 6) is 0.406. The van der Waals surface area contributed by atoms with Gasteiger partial charge >= 0.3 is 5.97 Å². The van der Waals surface area contributed by atoms with Crippen LogP contribution in [0.3, 0.4) is 0 Å². The van der Waals surface area contributed by atoms with Gasteiger partial charge in [0.15, 0.2) is 6.23 Å². The van der Waals surface area contributed by atoms with Crippen LogP contribution in [0.4, 0.5) is 0 Å². The zero-order valence-corrected chi connectivity index (χ0v) is 7.62. The van der Waals surface area contributed by atoms with Crippen LogP contribution in [0.5, 0.6) is 0 Å². The van der Waals surface area contributed by atoms with Crippen molar-refractivity contribution in [2.45, 2.75) is 39.0 Å². The minimum absolute atomic E-state index is 0.00815. The number of fused-ring (bicyclic) bond motifs is 1. The monoisotopic (exact) mass is 169 g/mol. The fourth-order valence-corrected chi connectivity index (χ4v) is 2.13. The van der Waals surface area contributed by atoms with E-state index in [9.17, 15) is 4.79 Å². The molecule has 0 N–H and O–H groups in total. The Kier molecular flexibility index (Phi) is 1.83. The minimum Gasteiger partial charge on any atom is -0.445 e. The molecule has 68 valence electrons. The number of hydrogen-bond acceptors (Lipinski definition) is 3. The van der Waals surface area contributed by atoms with Gasteiger partial charge in [-0.05, 0) is 12.8 Å². The van der Waals surface area contributed by atoms with Gasteiger partial charge in [0.1, 0.15) is 6.04 Å². The summed E-state index contributed by atoms with van der Waals surface area (Å²) in [5, 5.41) is 0. The molecule has 0 bridgehead atoms. The second kappa shape index (κ2) is 2.73. The van der Waals surface area contributed by atoms with Crippen LogP contribution in [0.15, 0.2) is 0 Å². The Hall–Kier alpha value is -0.570. The van der Waals surface area contributed by atoms with Crippen LogP contribution in [-0.2, 0) is 9.53 Å². The largest absolute Gasteiger partial charge is 0.445 e. The average Bonchev–Trinajstić information content (AvgIpc) is 2.53. The van der Waals surface area contributed by atoms with E-state index in [1.54, 1.807) is 0 Å². The first-order valence-electron chi connectivity index (χ1n) is 4.66. The fourth-order valence-electron chi connectivity index (χ4n) is 2.13. The van der Waals surface area contributed by atoms with E-state index in [-0.39, 0.29) is 18.2 Å². The molecule has 0 radical (unpaired) electrons. The number of hydrogen-bond donors (Lipinski definition) is 0. The maximum Gasteiger partial charge on any atom is 0.325 e. The maximum atomic E-state index is 11.3. The number of carbonyl (C=O) groups is 1. The van der Waals surface area contributed by atoms with E-state index in [0.29, 0.717) is 5.92 Å². The van der Waals surface area contributed by atoms with Crippen molar-refractivity contribution < 1.29 is 9.53 Å². The molecule has 0 aliphatic carbocycles. The van der Waals surface area contributed by atoms with E-state index in [1.165, 1.54) is 0 Å². The number of rotatable bonds is 1. The third kappa shape index (κ3) is 1.04. The van der Waals surface area contributed by atoms with Gasteiger partial charge in [-0.15, -0.1) is 0 Å². The molecule has 12 heavy (non-hydrogen) atoms. The van der Waals surface area contributed by atoms with Crippen LogP contribution in [0, 0.1) is 5.92 Å². The normalized spacial score (nSPS) is 35.8. The zero-order valence-electron chi connectivity index (χ0n) is 7.62. The van der Waals surface area contributed by atoms with Gasteiger partial charge in [0.25, 0.3) is 0 Å². The topological polar surface area (TPSA) is 29.5 Å². The van der Waals surface area contributed by atoms with Crippen molar-refractivity contribution in [1.29, 1.82) is 0 Å². The lowest BCUT2D eigenvalue weighted by molar-refractivity contribution is -0.144. The van der Waals surface area contributed by atoms with Crippen LogP contribution in [-0.4, -0.2) is 29.7 Å². The highest BCUT2D eigenvalue weighted by molar-refractivity contribution is 5.78. The number of esters is 1. The van der Waals surface area contributed by atoms with Crippen LogP contribution >= 0.6 is 0 Å². The molecule has 2 atom stereocenters. The molecule has 0 aromatic heterocycles. The summed E-state index contributed by atoms with van der Waals surface area (Å²) in [6.45, 7) is 5.22. The Bertz CT molecular complexity index is 203. The minimum atomic E-state index is -0.00815. The Morgan fingerprint density at radius 1 is 1.58 bits per heavy atom. The van der Waals surface area contributed by atoms with Gasteiger partial charge in [-0.2, -0.15) is 0 Å². The lowest BCUT2D eigenvalue weighted by Gasteiger charge is -2.22. The molecule has 0 amide bonds. The highest BCUT2D eigenvalue weighted by atomic mass is 16.6. The van der Waals surface area contributed by atoms with Gasteiger partial charge in [-0.1, -0.05) is 13.8 Å². The molecule has 2 fully saturated rings. The third-order valence-electron chi connectivity index (χ3n) is 2.70. The van der Waals surface area contributed by atoms with Gasteiger partial charge in [-0.3, -0.25) is 9.69 Å². The van der Waals surface area contributed by atoms with Crippen molar-refractivity contribution in [2.75, 3.05) is 6.54 Å². The molecule has 2 aliphatic rings. The molecule has 2 aliphatic heterocycles. The molecular weight excluding hydrogens is 154 g/mol. The predicted molar refractivity (Wildman–Crippen MR) is 44.4 cm³/mol. The van der Waals surface area contributed by atoms with Crippen molar-refractivity contribution >= 4 is 5.97 Å². The van der Waals surface area contributed by atoms with Crippen LogP contribution in [0.25, 0.3) is 0 Å². The van der Waals surface area contributed by atoms with Gasteiger partial charge in [-0.25, -0.2) is 0 Å². The highest BCUT2D eigenvalue weighted by Gasteiger charge is 2.45. The van der Waals surface area contributed by atoms with E-state index in [4.69, 9.17) is 4.74 Å². The van der Waals surface area contributed by atoms with E-state index < -0.39 is 0 Å². The van der Waals surface area contributed by atoms with Crippen LogP contribution in [0.1, 0.15) is 26.7 Å². The fraction of sp³-hybridized carbons (Fsp3) is 0.889. The molecule has 0 saturated carbocycles. The SMILES string of the molecule is CC(C)C1OC(=O)C2CCCN21. The summed E-state index contributed by atoms with van der Waals surface area (Å²) in [4.78, 5) is 13.5. The molecule has 0 aromatic rings. The molecule has 0 aromatic carbocycles. The third-order valence-corrected chi connectivity index (χ3v) is 2.70. The number of carbonyl (C=O) groups excluding carboxylic acids is 1. The molecule has 3 nitrogen and oxygen atoms in total. The number of ether oxygens (including phenoxy) is 1. The van der Waals surface area contributed by atoms with Crippen molar-refractivity contribution in [2.24, 2.45) is 5.92 Å². The summed E-state index contributed by atoms with van der Waals surface area (Å²) in [6.07, 6.45) is 2.18. The molecule has 2 saturated heterocycles. The lowest BCUT2D eigenvalue weighted by atomic mass is 10.2. The average molecular weight is 169 g/mol. The van der Waals surface area contributed by atoms with Crippen molar-refractivity contribution in [3.63, 3.8) is 0 Å². The Morgan fingerprint density at radius 2 is 2.33 bits per heavy atom. The molecule has 2 rings (SSSR count). The quantitative estimate of drug-likeness (QED) is 0.548. The first-order valence-corrected chi connectivity index (χ1v) is 4.66. The zero-order chi connectivity index (χ0) is 8.72. The summed E-state index contributed by atoms with van der Waals surface area (Å²) < 4.78 is 5.28. The number of cyclic esters (lactones) is 1. The van der Waals surface area contributed by atoms with E-state index >= 15 is 0 Å². The highest BCUT2D eigenvalue weighted by Crippen LogP contribution is 2.31. The first kappa shape index (κ1) is 8.05. The molecule has 0 spiro atoms. The summed E-state index contributed by atoms with van der Waals surface area (Å²) >= 11 is 0.